The molecule has 0 radical (unpaired) electrons. The second kappa shape index (κ2) is 6.59. The lowest BCUT2D eigenvalue weighted by Gasteiger charge is -2.17. The molecule has 1 fully saturated rings. The Balaban J connectivity index is 2.20. The highest BCUT2D eigenvalue weighted by atomic mass is 32.2. The number of hydrogen-bond donors (Lipinski definition) is 1. The topological polar surface area (TPSA) is 70.0 Å². The van der Waals surface area contributed by atoms with Gasteiger partial charge in [0, 0.05) is 6.04 Å². The van der Waals surface area contributed by atoms with Gasteiger partial charge in [-0.1, -0.05) is 25.8 Å². The standard InChI is InChI=1S/C16H22N2O2S/c1-12-4-3-5-15(9-6-12)18-21(19,20)16-10-14(11-17)8-7-13(16)2/h7-8,10,12,15,18H,3-6,9H2,1-2H3. The van der Waals surface area contributed by atoms with E-state index in [1.807, 2.05) is 6.07 Å². The highest BCUT2D eigenvalue weighted by molar-refractivity contribution is 7.89. The molecule has 1 N–H and O–H groups in total. The van der Waals surface area contributed by atoms with Crippen molar-refractivity contribution in [2.45, 2.75) is 56.9 Å². The van der Waals surface area contributed by atoms with Gasteiger partial charge < -0.3 is 0 Å². The highest BCUT2D eigenvalue weighted by Crippen LogP contribution is 2.24. The van der Waals surface area contributed by atoms with Crippen molar-refractivity contribution in [2.75, 3.05) is 0 Å². The molecule has 0 spiro atoms. The molecule has 0 aliphatic heterocycles. The molecule has 1 aromatic carbocycles. The van der Waals surface area contributed by atoms with E-state index < -0.39 is 10.0 Å². The summed E-state index contributed by atoms with van der Waals surface area (Å²) < 4.78 is 28.0. The van der Waals surface area contributed by atoms with Crippen LogP contribution < -0.4 is 4.72 Å². The number of aryl methyl sites for hydroxylation is 1. The number of sulfonamides is 1. The summed E-state index contributed by atoms with van der Waals surface area (Å²) in [5.41, 5.74) is 1.04. The van der Waals surface area contributed by atoms with E-state index in [0.29, 0.717) is 17.0 Å². The van der Waals surface area contributed by atoms with Crippen molar-refractivity contribution in [1.29, 1.82) is 5.26 Å². The first kappa shape index (κ1) is 16.0. The van der Waals surface area contributed by atoms with Gasteiger partial charge in [-0.25, -0.2) is 13.1 Å². The molecule has 0 heterocycles. The summed E-state index contributed by atoms with van der Waals surface area (Å²) in [5.74, 6) is 0.670. The van der Waals surface area contributed by atoms with Crippen LogP contribution in [0, 0.1) is 24.2 Å². The summed E-state index contributed by atoms with van der Waals surface area (Å²) in [4.78, 5) is 0.221. The molecule has 21 heavy (non-hydrogen) atoms. The first-order valence-corrected chi connectivity index (χ1v) is 8.94. The number of nitrogens with one attached hydrogen (secondary N) is 1. The lowest BCUT2D eigenvalue weighted by molar-refractivity contribution is 0.484. The maximum atomic E-state index is 12.6. The zero-order valence-corrected chi connectivity index (χ0v) is 13.4. The Morgan fingerprint density at radius 2 is 2.00 bits per heavy atom. The highest BCUT2D eigenvalue weighted by Gasteiger charge is 2.24. The fourth-order valence-electron chi connectivity index (χ4n) is 2.85. The number of benzene rings is 1. The number of hydrogen-bond acceptors (Lipinski definition) is 3. The fraction of sp³-hybridized carbons (Fsp3) is 0.562. The quantitative estimate of drug-likeness (QED) is 0.872. The molecular weight excluding hydrogens is 284 g/mol. The van der Waals surface area contributed by atoms with Crippen molar-refractivity contribution in [2.24, 2.45) is 5.92 Å². The summed E-state index contributed by atoms with van der Waals surface area (Å²) in [7, 11) is -3.56. The maximum Gasteiger partial charge on any atom is 0.241 e. The van der Waals surface area contributed by atoms with Crippen LogP contribution in [0.4, 0.5) is 0 Å². The summed E-state index contributed by atoms with van der Waals surface area (Å²) in [6, 6.07) is 6.78. The molecule has 1 saturated carbocycles. The van der Waals surface area contributed by atoms with Crippen LogP contribution >= 0.6 is 0 Å². The van der Waals surface area contributed by atoms with E-state index in [0.717, 1.165) is 25.7 Å². The molecule has 1 aliphatic carbocycles. The average Bonchev–Trinajstić information content (AvgIpc) is 2.63. The molecule has 5 heteroatoms. The zero-order valence-electron chi connectivity index (χ0n) is 12.6. The Hall–Kier alpha value is -1.38. The molecule has 2 unspecified atom stereocenters. The fourth-order valence-corrected chi connectivity index (χ4v) is 4.42. The molecule has 2 atom stereocenters. The van der Waals surface area contributed by atoms with E-state index in [1.54, 1.807) is 19.1 Å². The van der Waals surface area contributed by atoms with Crippen molar-refractivity contribution in [1.82, 2.24) is 4.72 Å². The average molecular weight is 306 g/mol. The van der Waals surface area contributed by atoms with Crippen LogP contribution in [-0.2, 0) is 10.0 Å². The van der Waals surface area contributed by atoms with Crippen LogP contribution in [0.25, 0.3) is 0 Å². The SMILES string of the molecule is Cc1ccc(C#N)cc1S(=O)(=O)NC1CCCC(C)CC1. The lowest BCUT2D eigenvalue weighted by atomic mass is 10.0. The van der Waals surface area contributed by atoms with Crippen molar-refractivity contribution in [3.63, 3.8) is 0 Å². The minimum atomic E-state index is -3.56. The first-order valence-electron chi connectivity index (χ1n) is 7.45. The number of nitrogens with zero attached hydrogens (tertiary/aromatic N) is 1. The Kier molecular flexibility index (Phi) is 5.02. The van der Waals surface area contributed by atoms with Crippen molar-refractivity contribution < 1.29 is 8.42 Å². The van der Waals surface area contributed by atoms with E-state index in [2.05, 4.69) is 11.6 Å². The van der Waals surface area contributed by atoms with Crippen LogP contribution in [0.15, 0.2) is 23.1 Å². The molecule has 0 aromatic heterocycles. The second-order valence-corrected chi connectivity index (χ2v) is 7.71. The van der Waals surface area contributed by atoms with Gasteiger partial charge in [0.25, 0.3) is 0 Å². The summed E-state index contributed by atoms with van der Waals surface area (Å²) >= 11 is 0. The van der Waals surface area contributed by atoms with Crippen molar-refractivity contribution in [3.05, 3.63) is 29.3 Å². The van der Waals surface area contributed by atoms with Crippen LogP contribution in [0.5, 0.6) is 0 Å². The van der Waals surface area contributed by atoms with Crippen LogP contribution in [0.3, 0.4) is 0 Å². The van der Waals surface area contributed by atoms with Gasteiger partial charge in [0.15, 0.2) is 0 Å². The molecule has 1 aliphatic rings. The molecule has 0 amide bonds. The number of nitriles is 1. The summed E-state index contributed by atoms with van der Waals surface area (Å²) in [5, 5.41) is 8.94. The first-order chi connectivity index (χ1) is 9.92. The third-order valence-electron chi connectivity index (χ3n) is 4.19. The monoisotopic (exact) mass is 306 g/mol. The third kappa shape index (κ3) is 4.05. The predicted molar refractivity (Wildman–Crippen MR) is 82.3 cm³/mol. The van der Waals surface area contributed by atoms with E-state index in [9.17, 15) is 8.42 Å². The predicted octanol–water partition coefficient (Wildman–Crippen LogP) is 3.11. The smallest absolute Gasteiger partial charge is 0.208 e. The van der Waals surface area contributed by atoms with Crippen LogP contribution in [0.2, 0.25) is 0 Å². The van der Waals surface area contributed by atoms with E-state index in [-0.39, 0.29) is 10.9 Å². The van der Waals surface area contributed by atoms with Gasteiger partial charge in [-0.3, -0.25) is 0 Å². The van der Waals surface area contributed by atoms with E-state index in [4.69, 9.17) is 5.26 Å². The van der Waals surface area contributed by atoms with Gasteiger partial charge in [0.05, 0.1) is 16.5 Å². The largest absolute Gasteiger partial charge is 0.241 e. The molecule has 0 bridgehead atoms. The zero-order chi connectivity index (χ0) is 15.5. The van der Waals surface area contributed by atoms with Gasteiger partial charge in [-0.05, 0) is 49.8 Å². The third-order valence-corrected chi connectivity index (χ3v) is 5.85. The Morgan fingerprint density at radius 1 is 1.24 bits per heavy atom. The van der Waals surface area contributed by atoms with Gasteiger partial charge in [-0.2, -0.15) is 5.26 Å². The molecule has 1 aromatic rings. The maximum absolute atomic E-state index is 12.6. The Labute approximate surface area is 127 Å². The van der Waals surface area contributed by atoms with E-state index >= 15 is 0 Å². The van der Waals surface area contributed by atoms with Gasteiger partial charge >= 0.3 is 0 Å². The van der Waals surface area contributed by atoms with E-state index in [1.165, 1.54) is 12.5 Å². The minimum Gasteiger partial charge on any atom is -0.208 e. The van der Waals surface area contributed by atoms with Gasteiger partial charge in [-0.15, -0.1) is 0 Å². The Morgan fingerprint density at radius 3 is 2.71 bits per heavy atom. The van der Waals surface area contributed by atoms with Crippen molar-refractivity contribution >= 4 is 10.0 Å². The second-order valence-electron chi connectivity index (χ2n) is 6.02. The van der Waals surface area contributed by atoms with Gasteiger partial charge in [0.2, 0.25) is 10.0 Å². The molecular formula is C16H22N2O2S. The van der Waals surface area contributed by atoms with Crippen LogP contribution in [-0.4, -0.2) is 14.5 Å². The number of rotatable bonds is 3. The summed E-state index contributed by atoms with van der Waals surface area (Å²) in [6.07, 6.45) is 5.06. The Bertz CT molecular complexity index is 647. The summed E-state index contributed by atoms with van der Waals surface area (Å²) in [6.45, 7) is 3.97. The van der Waals surface area contributed by atoms with Crippen LogP contribution in [0.1, 0.15) is 50.2 Å². The molecule has 114 valence electrons. The molecule has 4 nitrogen and oxygen atoms in total. The molecule has 2 rings (SSSR count). The van der Waals surface area contributed by atoms with Crippen molar-refractivity contribution in [3.8, 4) is 6.07 Å². The minimum absolute atomic E-state index is 0.00471. The normalized spacial score (nSPS) is 23.3. The molecule has 0 saturated heterocycles. The van der Waals surface area contributed by atoms with Gasteiger partial charge in [0.1, 0.15) is 0 Å². The lowest BCUT2D eigenvalue weighted by Crippen LogP contribution is -2.34.